The average Bonchev–Trinajstić information content (AvgIpc) is 2.91. The van der Waals surface area contributed by atoms with E-state index in [1.807, 2.05) is 6.07 Å². The zero-order valence-corrected chi connectivity index (χ0v) is 19.5. The molecule has 0 spiro atoms. The van der Waals surface area contributed by atoms with Gasteiger partial charge in [0.15, 0.2) is 0 Å². The van der Waals surface area contributed by atoms with Crippen molar-refractivity contribution < 1.29 is 0 Å². The Kier molecular flexibility index (Phi) is 7.93. The number of nitrogens with zero attached hydrogens (tertiary/aromatic N) is 2. The van der Waals surface area contributed by atoms with Gasteiger partial charge in [-0.2, -0.15) is 0 Å². The van der Waals surface area contributed by atoms with Crippen LogP contribution in [0.15, 0.2) is 18.2 Å². The molecule has 2 nitrogen and oxygen atoms in total. The molecule has 0 bridgehead atoms. The third kappa shape index (κ3) is 4.49. The number of hydrogen-bond donors (Lipinski definition) is 0. The molecule has 0 atom stereocenters. The zero-order valence-electron chi connectivity index (χ0n) is 15.9. The van der Waals surface area contributed by atoms with Gasteiger partial charge in [0.05, 0.1) is 0 Å². The maximum absolute atomic E-state index is 6.24. The van der Waals surface area contributed by atoms with Crippen LogP contribution in [0.25, 0.3) is 10.9 Å². The normalized spacial score (nSPS) is 12.2. The number of benzene rings is 1. The van der Waals surface area contributed by atoms with Crippen LogP contribution >= 0.6 is 11.6 Å². The van der Waals surface area contributed by atoms with Crippen molar-refractivity contribution in [3.8, 4) is 0 Å². The van der Waals surface area contributed by atoms with Crippen molar-refractivity contribution >= 4 is 44.6 Å². The van der Waals surface area contributed by atoms with Gasteiger partial charge in [0.2, 0.25) is 0 Å². The quantitative estimate of drug-likeness (QED) is 0.385. The third-order valence-electron chi connectivity index (χ3n) is 5.34. The summed E-state index contributed by atoms with van der Waals surface area (Å²) in [6, 6.07) is 6.37. The fourth-order valence-corrected chi connectivity index (χ4v) is 20.3. The molecule has 0 N–H and O–H groups in total. The summed E-state index contributed by atoms with van der Waals surface area (Å²) in [4.78, 5) is 0. The molecule has 0 saturated heterocycles. The Morgan fingerprint density at radius 3 is 2.00 bits per heavy atom. The first-order valence-electron chi connectivity index (χ1n) is 9.70. The zero-order chi connectivity index (χ0) is 17.6. The Labute approximate surface area is 156 Å². The van der Waals surface area contributed by atoms with E-state index in [-0.39, 0.29) is 0 Å². The van der Waals surface area contributed by atoms with Crippen LogP contribution in [0.5, 0.6) is 0 Å². The van der Waals surface area contributed by atoms with E-state index in [4.69, 9.17) is 16.7 Å². The molecule has 24 heavy (non-hydrogen) atoms. The molecule has 0 saturated carbocycles. The predicted molar refractivity (Wildman–Crippen MR) is 110 cm³/mol. The van der Waals surface area contributed by atoms with Crippen molar-refractivity contribution in [1.29, 1.82) is 0 Å². The molecule has 4 heteroatoms. The van der Waals surface area contributed by atoms with Gasteiger partial charge in [-0.1, -0.05) is 0 Å². The molecule has 0 amide bonds. The van der Waals surface area contributed by atoms with E-state index in [9.17, 15) is 0 Å². The van der Waals surface area contributed by atoms with Gasteiger partial charge in [-0.25, -0.2) is 0 Å². The van der Waals surface area contributed by atoms with Gasteiger partial charge in [-0.05, 0) is 0 Å². The van der Waals surface area contributed by atoms with Gasteiger partial charge in [-0.15, -0.1) is 0 Å². The summed E-state index contributed by atoms with van der Waals surface area (Å²) in [5.41, 5.74) is 1.21. The first-order chi connectivity index (χ1) is 11.6. The van der Waals surface area contributed by atoms with Crippen molar-refractivity contribution in [1.82, 2.24) is 9.78 Å². The fourth-order valence-electron chi connectivity index (χ4n) is 3.90. The summed E-state index contributed by atoms with van der Waals surface area (Å²) in [6.07, 6.45) is 8.01. The molecule has 134 valence electrons. The number of fused-ring (bicyclic) bond motifs is 1. The fraction of sp³-hybridized carbons (Fsp3) is 0.650. The first-order valence-corrected chi connectivity index (χ1v) is 17.6. The van der Waals surface area contributed by atoms with Crippen LogP contribution in [-0.2, 0) is 7.05 Å². The van der Waals surface area contributed by atoms with Crippen molar-refractivity contribution in [3.63, 3.8) is 0 Å². The summed E-state index contributed by atoms with van der Waals surface area (Å²) < 4.78 is 7.97. The van der Waals surface area contributed by atoms with E-state index in [0.717, 1.165) is 5.02 Å². The molecule has 1 heterocycles. The SMILES string of the molecule is CCC[CH2][Sn]([CH2]CCC)([CH2]CCC)[c]1nn(C)c2cc(Cl)ccc12. The predicted octanol–water partition coefficient (Wildman–Crippen LogP) is 6.28. The Morgan fingerprint density at radius 2 is 1.50 bits per heavy atom. The molecule has 0 radical (unpaired) electrons. The molecule has 0 aliphatic carbocycles. The molecule has 1 aromatic carbocycles. The Balaban J connectivity index is 2.55. The van der Waals surface area contributed by atoms with Crippen molar-refractivity contribution in [2.75, 3.05) is 0 Å². The van der Waals surface area contributed by atoms with E-state index in [1.54, 1.807) is 0 Å². The molecule has 2 aromatic rings. The second-order valence-electron chi connectivity index (χ2n) is 7.22. The molecule has 0 aliphatic rings. The van der Waals surface area contributed by atoms with Gasteiger partial charge in [0, 0.05) is 0 Å². The number of rotatable bonds is 10. The summed E-state index contributed by atoms with van der Waals surface area (Å²) in [6.45, 7) is 6.98. The summed E-state index contributed by atoms with van der Waals surface area (Å²) in [7, 11) is 2.08. The van der Waals surface area contributed by atoms with E-state index < -0.39 is 18.4 Å². The molecule has 0 unspecified atom stereocenters. The molecule has 2 rings (SSSR count). The van der Waals surface area contributed by atoms with Gasteiger partial charge >= 0.3 is 157 Å². The van der Waals surface area contributed by atoms with Gasteiger partial charge < -0.3 is 0 Å². The van der Waals surface area contributed by atoms with Crippen LogP contribution in [-0.4, -0.2) is 28.2 Å². The number of halogens is 1. The van der Waals surface area contributed by atoms with E-state index in [1.165, 1.54) is 66.4 Å². The minimum absolute atomic E-state index is 0.813. The monoisotopic (exact) mass is 456 g/mol. The van der Waals surface area contributed by atoms with Crippen LogP contribution in [0.4, 0.5) is 0 Å². The Bertz CT molecular complexity index is 629. The Hall–Kier alpha value is -0.221. The topological polar surface area (TPSA) is 17.8 Å². The van der Waals surface area contributed by atoms with E-state index in [2.05, 4.69) is 44.6 Å². The summed E-state index contributed by atoms with van der Waals surface area (Å²) >= 11 is 3.75. The van der Waals surface area contributed by atoms with Gasteiger partial charge in [0.1, 0.15) is 0 Å². The average molecular weight is 456 g/mol. The van der Waals surface area contributed by atoms with E-state index in [0.29, 0.717) is 0 Å². The van der Waals surface area contributed by atoms with Crippen LogP contribution in [0.3, 0.4) is 0 Å². The summed E-state index contributed by atoms with van der Waals surface area (Å²) in [5, 5.41) is 7.32. The maximum atomic E-state index is 6.24. The van der Waals surface area contributed by atoms with Gasteiger partial charge in [0.25, 0.3) is 0 Å². The molecule has 0 fully saturated rings. The second-order valence-corrected chi connectivity index (χ2v) is 20.6. The number of hydrogen-bond acceptors (Lipinski definition) is 1. The summed E-state index contributed by atoms with van der Waals surface area (Å²) in [5.74, 6) is 0. The standard InChI is InChI=1S/C8H6ClN2.3C4H9.Sn/c1-11-8-4-7(9)3-2-6(8)5-10-11;3*1-3-4-2;/h2-4H,1H3;3*1,3-4H2,2H3;. The number of unbranched alkanes of at least 4 members (excludes halogenated alkanes) is 3. The van der Waals surface area contributed by atoms with Crippen LogP contribution < -0.4 is 3.71 Å². The first kappa shape index (κ1) is 20.1. The van der Waals surface area contributed by atoms with Crippen LogP contribution in [0.1, 0.15) is 59.3 Å². The number of aryl methyl sites for hydroxylation is 1. The minimum atomic E-state index is -2.49. The van der Waals surface area contributed by atoms with Crippen molar-refractivity contribution in [3.05, 3.63) is 23.2 Å². The van der Waals surface area contributed by atoms with Gasteiger partial charge in [-0.3, -0.25) is 0 Å². The van der Waals surface area contributed by atoms with E-state index >= 15 is 0 Å². The Morgan fingerprint density at radius 1 is 0.958 bits per heavy atom. The molecule has 0 aliphatic heterocycles. The van der Waals surface area contributed by atoms with Crippen molar-refractivity contribution in [2.24, 2.45) is 7.05 Å². The van der Waals surface area contributed by atoms with Crippen LogP contribution in [0, 0.1) is 0 Å². The second kappa shape index (κ2) is 9.47. The number of aromatic nitrogens is 2. The molecule has 1 aromatic heterocycles. The van der Waals surface area contributed by atoms with Crippen LogP contribution in [0.2, 0.25) is 18.3 Å². The van der Waals surface area contributed by atoms with Crippen molar-refractivity contribution in [2.45, 2.75) is 72.6 Å². The molecular formula is C20H33ClN2Sn. The molecular weight excluding hydrogens is 422 g/mol. The third-order valence-corrected chi connectivity index (χ3v) is 20.7.